The third-order valence-electron chi connectivity index (χ3n) is 8.27. The first kappa shape index (κ1) is 31.8. The van der Waals surface area contributed by atoms with E-state index in [1.54, 1.807) is 14.0 Å². The zero-order chi connectivity index (χ0) is 33.0. The molecular formula is C34H45N7O5. The fourth-order valence-electron chi connectivity index (χ4n) is 6.27. The van der Waals surface area contributed by atoms with Crippen molar-refractivity contribution in [3.8, 4) is 0 Å². The summed E-state index contributed by atoms with van der Waals surface area (Å²) < 4.78 is 20.8. The Balaban J connectivity index is 1.49. The van der Waals surface area contributed by atoms with Crippen molar-refractivity contribution in [1.29, 1.82) is 0 Å². The third kappa shape index (κ3) is 6.14. The topological polar surface area (TPSA) is 116 Å². The maximum absolute atomic E-state index is 14.3. The van der Waals surface area contributed by atoms with Gasteiger partial charge >= 0.3 is 12.2 Å². The first-order chi connectivity index (χ1) is 21.7. The molecule has 4 heterocycles. The monoisotopic (exact) mass is 631 g/mol. The number of aromatic nitrogens is 5. The average Bonchev–Trinajstić information content (AvgIpc) is 3.55. The van der Waals surface area contributed by atoms with Crippen molar-refractivity contribution in [3.05, 3.63) is 47.3 Å². The molecule has 0 spiro atoms. The van der Waals surface area contributed by atoms with E-state index in [0.717, 1.165) is 27.7 Å². The molecule has 2 aliphatic rings. The minimum atomic E-state index is -0.742. The second-order valence-corrected chi connectivity index (χ2v) is 14.4. The summed E-state index contributed by atoms with van der Waals surface area (Å²) in [5.41, 5.74) is 2.94. The molecule has 246 valence electrons. The lowest BCUT2D eigenvalue weighted by Crippen LogP contribution is -2.48. The Labute approximate surface area is 269 Å². The Morgan fingerprint density at radius 2 is 1.70 bits per heavy atom. The number of carbonyl (C=O) groups excluding carboxylic acids is 2. The minimum Gasteiger partial charge on any atom is -0.443 e. The highest BCUT2D eigenvalue weighted by Gasteiger charge is 2.39. The van der Waals surface area contributed by atoms with Crippen LogP contribution >= 0.6 is 0 Å². The number of benzene rings is 1. The van der Waals surface area contributed by atoms with Gasteiger partial charge in [0.2, 0.25) is 11.9 Å². The summed E-state index contributed by atoms with van der Waals surface area (Å²) >= 11 is 0. The van der Waals surface area contributed by atoms with Gasteiger partial charge in [-0.15, -0.1) is 0 Å². The number of ether oxygens (including phenoxy) is 3. The van der Waals surface area contributed by atoms with E-state index in [1.807, 2.05) is 72.0 Å². The van der Waals surface area contributed by atoms with E-state index in [1.165, 1.54) is 0 Å². The molecule has 1 aliphatic carbocycles. The normalized spacial score (nSPS) is 17.4. The largest absolute Gasteiger partial charge is 0.443 e. The second-order valence-electron chi connectivity index (χ2n) is 14.4. The number of amides is 1. The van der Waals surface area contributed by atoms with E-state index in [2.05, 4.69) is 18.7 Å². The average molecular weight is 632 g/mol. The molecule has 3 aromatic heterocycles. The molecule has 0 saturated carbocycles. The van der Waals surface area contributed by atoms with E-state index in [0.29, 0.717) is 63.1 Å². The Morgan fingerprint density at radius 1 is 1.00 bits per heavy atom. The molecule has 1 aromatic carbocycles. The van der Waals surface area contributed by atoms with Gasteiger partial charge in [-0.05, 0) is 78.4 Å². The molecule has 6 rings (SSSR count). The Kier molecular flexibility index (Phi) is 8.20. The first-order valence-corrected chi connectivity index (χ1v) is 16.2. The van der Waals surface area contributed by atoms with Gasteiger partial charge in [0.05, 0.1) is 24.9 Å². The highest BCUT2D eigenvalue weighted by Crippen LogP contribution is 2.37. The van der Waals surface area contributed by atoms with Gasteiger partial charge in [-0.2, -0.15) is 19.6 Å². The highest BCUT2D eigenvalue weighted by atomic mass is 16.6. The number of hydrogen-bond donors (Lipinski definition) is 0. The Morgan fingerprint density at radius 3 is 2.37 bits per heavy atom. The molecule has 4 aromatic rings. The lowest BCUT2D eigenvalue weighted by molar-refractivity contribution is 0.0527. The van der Waals surface area contributed by atoms with Crippen LogP contribution in [0.25, 0.3) is 16.6 Å². The predicted molar refractivity (Wildman–Crippen MR) is 176 cm³/mol. The van der Waals surface area contributed by atoms with Gasteiger partial charge in [0, 0.05) is 35.8 Å². The van der Waals surface area contributed by atoms with Crippen molar-refractivity contribution in [1.82, 2.24) is 24.1 Å². The van der Waals surface area contributed by atoms with Crippen LogP contribution in [0.3, 0.4) is 0 Å². The molecule has 12 heteroatoms. The van der Waals surface area contributed by atoms with Crippen molar-refractivity contribution in [2.45, 2.75) is 97.8 Å². The van der Waals surface area contributed by atoms with Crippen LogP contribution in [-0.2, 0) is 27.1 Å². The molecular weight excluding hydrogens is 586 g/mol. The van der Waals surface area contributed by atoms with Gasteiger partial charge < -0.3 is 19.1 Å². The molecule has 1 amide bonds. The van der Waals surface area contributed by atoms with Crippen LogP contribution in [0.1, 0.15) is 84.5 Å². The molecule has 0 N–H and O–H groups in total. The van der Waals surface area contributed by atoms with Crippen molar-refractivity contribution in [3.63, 3.8) is 0 Å². The number of anilines is 2. The van der Waals surface area contributed by atoms with Gasteiger partial charge in [0.1, 0.15) is 11.2 Å². The zero-order valence-electron chi connectivity index (χ0n) is 28.2. The zero-order valence-corrected chi connectivity index (χ0v) is 28.2. The van der Waals surface area contributed by atoms with Gasteiger partial charge in [0.15, 0.2) is 5.65 Å². The third-order valence-corrected chi connectivity index (χ3v) is 8.27. The summed E-state index contributed by atoms with van der Waals surface area (Å²) in [5, 5.41) is 5.67. The Bertz CT molecular complexity index is 1770. The number of hydrogen-bond acceptors (Lipinski definition) is 9. The number of nitrogens with zero attached hydrogens (tertiary/aromatic N) is 7. The van der Waals surface area contributed by atoms with E-state index < -0.39 is 23.4 Å². The quantitative estimate of drug-likeness (QED) is 0.263. The number of morpholine rings is 1. The van der Waals surface area contributed by atoms with Gasteiger partial charge in [-0.25, -0.2) is 19.1 Å². The first-order valence-electron chi connectivity index (χ1n) is 16.2. The van der Waals surface area contributed by atoms with E-state index in [9.17, 15) is 9.59 Å². The highest BCUT2D eigenvalue weighted by molar-refractivity contribution is 5.94. The summed E-state index contributed by atoms with van der Waals surface area (Å²) in [6.45, 7) is 17.8. The van der Waals surface area contributed by atoms with Crippen LogP contribution in [0.4, 0.5) is 21.5 Å². The molecule has 46 heavy (non-hydrogen) atoms. The molecule has 1 fully saturated rings. The van der Waals surface area contributed by atoms with Gasteiger partial charge in [-0.1, -0.05) is 32.0 Å². The summed E-state index contributed by atoms with van der Waals surface area (Å²) in [6.07, 6.45) is 2.50. The van der Waals surface area contributed by atoms with Crippen molar-refractivity contribution >= 4 is 40.6 Å². The smallest absolute Gasteiger partial charge is 0.419 e. The fourth-order valence-corrected chi connectivity index (χ4v) is 6.27. The molecule has 0 bridgehead atoms. The molecule has 12 nitrogen and oxygen atoms in total. The van der Waals surface area contributed by atoms with Crippen molar-refractivity contribution < 1.29 is 23.8 Å². The lowest BCUT2D eigenvalue weighted by Gasteiger charge is -2.35. The van der Waals surface area contributed by atoms with Crippen molar-refractivity contribution in [2.75, 3.05) is 36.1 Å². The van der Waals surface area contributed by atoms with Crippen LogP contribution in [-0.4, -0.2) is 79.9 Å². The lowest BCUT2D eigenvalue weighted by atomic mass is 9.90. The van der Waals surface area contributed by atoms with Crippen molar-refractivity contribution in [2.24, 2.45) is 0 Å². The maximum atomic E-state index is 14.3. The summed E-state index contributed by atoms with van der Waals surface area (Å²) in [6, 6.07) is 7.53. The van der Waals surface area contributed by atoms with Gasteiger partial charge in [-0.3, -0.25) is 0 Å². The Hall–Kier alpha value is -4.19. The summed E-state index contributed by atoms with van der Waals surface area (Å²) in [7, 11) is 0. The van der Waals surface area contributed by atoms with Crippen LogP contribution in [0.2, 0.25) is 0 Å². The predicted octanol–water partition coefficient (Wildman–Crippen LogP) is 6.12. The fraction of sp³-hybridized carbons (Fsp3) is 0.559. The van der Waals surface area contributed by atoms with E-state index >= 15 is 0 Å². The molecule has 1 saturated heterocycles. The standard InChI is InChI=1S/C34H45N7O5/c1-21(2)25-20-35-41-28(25)36-29(38-15-17-44-18-16-38)37-30(41)39(31(42)45-33(3,4)5)22-13-14-27-24(19-22)23-11-9-10-12-26(23)40(27)32(43)46-34(6,7)8/h9-12,20-22H,13-19H2,1-8H3/t22-/m1/s1. The van der Waals surface area contributed by atoms with Gasteiger partial charge in [0.25, 0.3) is 0 Å². The van der Waals surface area contributed by atoms with Crippen LogP contribution in [0, 0.1) is 0 Å². The van der Waals surface area contributed by atoms with Crippen LogP contribution in [0.5, 0.6) is 0 Å². The molecule has 0 unspecified atom stereocenters. The molecule has 1 aliphatic heterocycles. The molecule has 0 radical (unpaired) electrons. The van der Waals surface area contributed by atoms with Crippen LogP contribution in [0.15, 0.2) is 30.5 Å². The SMILES string of the molecule is CC(C)c1cnn2c(N(C(=O)OC(C)(C)C)[C@@H]3CCc4c(c5ccccc5n4C(=O)OC(C)(C)C)C3)nc(N3CCOCC3)nc12. The number of carbonyl (C=O) groups is 2. The second kappa shape index (κ2) is 11.9. The minimum absolute atomic E-state index is 0.156. The summed E-state index contributed by atoms with van der Waals surface area (Å²) in [4.78, 5) is 41.5. The van der Waals surface area contributed by atoms with Crippen LogP contribution < -0.4 is 9.80 Å². The van der Waals surface area contributed by atoms with E-state index in [4.69, 9.17) is 29.3 Å². The number of fused-ring (bicyclic) bond motifs is 4. The van der Waals surface area contributed by atoms with E-state index in [-0.39, 0.29) is 12.0 Å². The number of rotatable bonds is 4. The molecule has 1 atom stereocenters. The number of para-hydroxylation sites is 1. The maximum Gasteiger partial charge on any atom is 0.419 e. The summed E-state index contributed by atoms with van der Waals surface area (Å²) in [5.74, 6) is 1.04.